The molecule has 4 fully saturated rings. The van der Waals surface area contributed by atoms with Gasteiger partial charge in [-0.15, -0.1) is 0 Å². The molecule has 0 amide bonds. The molecule has 0 unspecified atom stereocenters. The van der Waals surface area contributed by atoms with Crippen molar-refractivity contribution in [2.75, 3.05) is 73.1 Å². The van der Waals surface area contributed by atoms with E-state index in [1.54, 1.807) is 0 Å². The fraction of sp³-hybridized carbons (Fsp3) is 1.00. The van der Waals surface area contributed by atoms with Crippen LogP contribution in [0, 0.1) is 23.2 Å². The van der Waals surface area contributed by atoms with E-state index in [4.69, 9.17) is 4.74 Å². The van der Waals surface area contributed by atoms with Gasteiger partial charge in [-0.05, 0) is 108 Å². The maximum absolute atomic E-state index is 5.34. The highest BCUT2D eigenvalue weighted by atomic mass is 16.5. The van der Waals surface area contributed by atoms with Crippen molar-refractivity contribution in [3.63, 3.8) is 0 Å². The van der Waals surface area contributed by atoms with Crippen LogP contribution in [0.1, 0.15) is 51.4 Å². The van der Waals surface area contributed by atoms with Crippen molar-refractivity contribution in [3.05, 3.63) is 0 Å². The molecule has 0 N–H and O–H groups in total. The Hall–Kier alpha value is -0.160. The molecule has 0 radical (unpaired) electrons. The SMILES string of the molecule is COCC1CCN(CC2CCC(CN3CCC4(CC3)CN(C)C4)CC2)CC1. The third-order valence-electron chi connectivity index (χ3n) is 8.24. The number of nitrogens with zero attached hydrogens (tertiary/aromatic N) is 3. The van der Waals surface area contributed by atoms with Gasteiger partial charge in [-0.3, -0.25) is 0 Å². The van der Waals surface area contributed by atoms with E-state index in [0.717, 1.165) is 24.4 Å². The minimum Gasteiger partial charge on any atom is -0.384 e. The highest BCUT2D eigenvalue weighted by Gasteiger charge is 2.43. The van der Waals surface area contributed by atoms with Crippen LogP contribution < -0.4 is 0 Å². The monoisotopic (exact) mass is 377 g/mol. The Bertz CT molecular complexity index is 439. The van der Waals surface area contributed by atoms with Crippen LogP contribution in [-0.4, -0.2) is 87.8 Å². The molecule has 1 saturated carbocycles. The van der Waals surface area contributed by atoms with Crippen molar-refractivity contribution in [1.29, 1.82) is 0 Å². The largest absolute Gasteiger partial charge is 0.384 e. The van der Waals surface area contributed by atoms with Crippen molar-refractivity contribution in [1.82, 2.24) is 14.7 Å². The first-order valence-electron chi connectivity index (χ1n) is 11.8. The van der Waals surface area contributed by atoms with E-state index < -0.39 is 0 Å². The summed E-state index contributed by atoms with van der Waals surface area (Å²) < 4.78 is 5.34. The van der Waals surface area contributed by atoms with E-state index in [9.17, 15) is 0 Å². The summed E-state index contributed by atoms with van der Waals surface area (Å²) in [5.41, 5.74) is 0.708. The summed E-state index contributed by atoms with van der Waals surface area (Å²) in [5, 5.41) is 0. The van der Waals surface area contributed by atoms with Crippen molar-refractivity contribution in [3.8, 4) is 0 Å². The van der Waals surface area contributed by atoms with Crippen LogP contribution in [0.4, 0.5) is 0 Å². The number of likely N-dealkylation sites (tertiary alicyclic amines) is 3. The molecular weight excluding hydrogens is 334 g/mol. The lowest BCUT2D eigenvalue weighted by atomic mass is 9.72. The van der Waals surface area contributed by atoms with Gasteiger partial charge in [0.2, 0.25) is 0 Å². The maximum atomic E-state index is 5.34. The number of hydrogen-bond donors (Lipinski definition) is 0. The lowest BCUT2D eigenvalue weighted by Gasteiger charge is -2.53. The summed E-state index contributed by atoms with van der Waals surface area (Å²) in [5.74, 6) is 2.76. The van der Waals surface area contributed by atoms with Gasteiger partial charge in [0.25, 0.3) is 0 Å². The van der Waals surface area contributed by atoms with Gasteiger partial charge in [-0.25, -0.2) is 0 Å². The zero-order valence-corrected chi connectivity index (χ0v) is 18.0. The molecular formula is C23H43N3O. The lowest BCUT2D eigenvalue weighted by molar-refractivity contribution is -0.0352. The second-order valence-electron chi connectivity index (χ2n) is 10.6. The molecule has 156 valence electrons. The molecule has 4 heteroatoms. The highest BCUT2D eigenvalue weighted by Crippen LogP contribution is 2.40. The highest BCUT2D eigenvalue weighted by molar-refractivity contribution is 4.97. The third kappa shape index (κ3) is 5.26. The smallest absolute Gasteiger partial charge is 0.0491 e. The number of methoxy groups -OCH3 is 1. The molecule has 27 heavy (non-hydrogen) atoms. The van der Waals surface area contributed by atoms with Gasteiger partial charge in [0.1, 0.15) is 0 Å². The Morgan fingerprint density at radius 2 is 1.26 bits per heavy atom. The van der Waals surface area contributed by atoms with Gasteiger partial charge < -0.3 is 19.4 Å². The van der Waals surface area contributed by atoms with E-state index in [0.29, 0.717) is 5.41 Å². The molecule has 3 heterocycles. The van der Waals surface area contributed by atoms with Crippen LogP contribution in [0.5, 0.6) is 0 Å². The van der Waals surface area contributed by atoms with Gasteiger partial charge in [0.15, 0.2) is 0 Å². The normalized spacial score (nSPS) is 34.0. The zero-order valence-electron chi connectivity index (χ0n) is 18.0. The molecule has 0 atom stereocenters. The standard InChI is InChI=1S/C23H43N3O/c1-24-18-23(19-24)9-13-26(14-10-23)16-21-5-3-20(4-6-21)15-25-11-7-22(8-12-25)17-27-2/h20-22H,3-19H2,1-2H3. The van der Waals surface area contributed by atoms with Crippen molar-refractivity contribution >= 4 is 0 Å². The van der Waals surface area contributed by atoms with E-state index in [2.05, 4.69) is 21.7 Å². The Kier molecular flexibility index (Phi) is 6.79. The fourth-order valence-corrected chi connectivity index (χ4v) is 6.52. The number of piperidine rings is 2. The summed E-state index contributed by atoms with van der Waals surface area (Å²) in [6, 6.07) is 0. The molecule has 4 rings (SSSR count). The molecule has 4 nitrogen and oxygen atoms in total. The molecule has 3 saturated heterocycles. The van der Waals surface area contributed by atoms with Gasteiger partial charge in [0.05, 0.1) is 0 Å². The van der Waals surface area contributed by atoms with Crippen LogP contribution in [0.3, 0.4) is 0 Å². The van der Waals surface area contributed by atoms with Gasteiger partial charge in [-0.1, -0.05) is 0 Å². The van der Waals surface area contributed by atoms with Crippen molar-refractivity contribution in [2.24, 2.45) is 23.2 Å². The number of hydrogen-bond acceptors (Lipinski definition) is 4. The molecule has 1 spiro atoms. The van der Waals surface area contributed by atoms with E-state index >= 15 is 0 Å². The van der Waals surface area contributed by atoms with Crippen molar-refractivity contribution < 1.29 is 4.74 Å². The molecule has 1 aliphatic carbocycles. The minimum absolute atomic E-state index is 0.708. The maximum Gasteiger partial charge on any atom is 0.0491 e. The summed E-state index contributed by atoms with van der Waals surface area (Å²) in [4.78, 5) is 8.04. The van der Waals surface area contributed by atoms with Gasteiger partial charge in [0, 0.05) is 39.9 Å². The lowest BCUT2D eigenvalue weighted by Crippen LogP contribution is -2.59. The van der Waals surface area contributed by atoms with Crippen LogP contribution in [0.25, 0.3) is 0 Å². The predicted octanol–water partition coefficient (Wildman–Crippen LogP) is 3.18. The van der Waals surface area contributed by atoms with E-state index in [1.807, 2.05) is 7.11 Å². The Morgan fingerprint density at radius 1 is 0.741 bits per heavy atom. The number of rotatable bonds is 6. The zero-order chi connectivity index (χ0) is 18.7. The average Bonchev–Trinajstić information content (AvgIpc) is 2.66. The molecule has 0 aromatic heterocycles. The second-order valence-corrected chi connectivity index (χ2v) is 10.6. The second kappa shape index (κ2) is 9.11. The van der Waals surface area contributed by atoms with Crippen LogP contribution in [0.2, 0.25) is 0 Å². The minimum atomic E-state index is 0.708. The Balaban J connectivity index is 1.10. The fourth-order valence-electron chi connectivity index (χ4n) is 6.52. The molecule has 3 aliphatic heterocycles. The first-order chi connectivity index (χ1) is 13.1. The molecule has 0 aromatic carbocycles. The summed E-state index contributed by atoms with van der Waals surface area (Å²) in [6.07, 6.45) is 11.5. The van der Waals surface area contributed by atoms with Crippen LogP contribution in [0.15, 0.2) is 0 Å². The molecule has 4 aliphatic rings. The van der Waals surface area contributed by atoms with Crippen LogP contribution in [-0.2, 0) is 4.74 Å². The van der Waals surface area contributed by atoms with E-state index in [1.165, 1.54) is 104 Å². The Labute approximate surface area is 167 Å². The average molecular weight is 378 g/mol. The molecule has 0 bridgehead atoms. The van der Waals surface area contributed by atoms with Gasteiger partial charge >= 0.3 is 0 Å². The van der Waals surface area contributed by atoms with E-state index in [-0.39, 0.29) is 0 Å². The Morgan fingerprint density at radius 3 is 1.74 bits per heavy atom. The summed E-state index contributed by atoms with van der Waals surface area (Å²) in [7, 11) is 4.12. The quantitative estimate of drug-likeness (QED) is 0.708. The molecule has 0 aromatic rings. The third-order valence-corrected chi connectivity index (χ3v) is 8.24. The van der Waals surface area contributed by atoms with Crippen molar-refractivity contribution in [2.45, 2.75) is 51.4 Å². The topological polar surface area (TPSA) is 19.0 Å². The number of ether oxygens (including phenoxy) is 1. The van der Waals surface area contributed by atoms with Gasteiger partial charge in [-0.2, -0.15) is 0 Å². The predicted molar refractivity (Wildman–Crippen MR) is 112 cm³/mol. The summed E-state index contributed by atoms with van der Waals surface area (Å²) >= 11 is 0. The van der Waals surface area contributed by atoms with Crippen LogP contribution >= 0.6 is 0 Å². The first-order valence-corrected chi connectivity index (χ1v) is 11.8. The summed E-state index contributed by atoms with van der Waals surface area (Å²) in [6.45, 7) is 11.8. The first kappa shape index (κ1) is 20.1.